The van der Waals surface area contributed by atoms with Gasteiger partial charge in [-0.25, -0.2) is 0 Å². The Morgan fingerprint density at radius 1 is 1.20 bits per heavy atom. The molecule has 110 valence electrons. The third kappa shape index (κ3) is 4.36. The number of carbonyl (C=O) groups excluding carboxylic acids is 1. The predicted octanol–water partition coefficient (Wildman–Crippen LogP) is 4.22. The van der Waals surface area contributed by atoms with Crippen molar-refractivity contribution in [1.82, 2.24) is 4.90 Å². The van der Waals surface area contributed by atoms with Crippen LogP contribution in [0.2, 0.25) is 0 Å². The number of likely N-dealkylation sites (tertiary alicyclic amines) is 1. The van der Waals surface area contributed by atoms with E-state index in [4.69, 9.17) is 0 Å². The molecule has 2 nitrogen and oxygen atoms in total. The molecule has 0 aromatic heterocycles. The van der Waals surface area contributed by atoms with Crippen molar-refractivity contribution in [2.75, 3.05) is 13.1 Å². The summed E-state index contributed by atoms with van der Waals surface area (Å²) in [5.74, 6) is 0.822. The number of nitrogens with zero attached hydrogens (tertiary/aromatic N) is 1. The van der Waals surface area contributed by atoms with Crippen LogP contribution in [0.4, 0.5) is 0 Å². The molecule has 0 radical (unpaired) electrons. The van der Waals surface area contributed by atoms with Gasteiger partial charge in [0.05, 0.1) is 0 Å². The lowest BCUT2D eigenvalue weighted by molar-refractivity contribution is -0.133. The second-order valence-corrected chi connectivity index (χ2v) is 7.18. The van der Waals surface area contributed by atoms with Crippen molar-refractivity contribution in [2.24, 2.45) is 5.41 Å². The second-order valence-electron chi connectivity index (χ2n) is 7.18. The molecule has 0 saturated carbocycles. The Balaban J connectivity index is 2.05. The van der Waals surface area contributed by atoms with Gasteiger partial charge in [-0.15, -0.1) is 0 Å². The summed E-state index contributed by atoms with van der Waals surface area (Å²) in [6.07, 6.45) is 4.20. The highest BCUT2D eigenvalue weighted by molar-refractivity contribution is 5.77. The second kappa shape index (κ2) is 6.43. The quantitative estimate of drug-likeness (QED) is 0.790. The maximum atomic E-state index is 12.5. The monoisotopic (exact) mass is 273 g/mol. The van der Waals surface area contributed by atoms with Gasteiger partial charge in [-0.05, 0) is 23.8 Å². The minimum atomic E-state index is 0.0750. The standard InChI is InChI=1S/C18H27NO/c1-18(2,3)13-17(20)19-12-8-7-11-16(14-19)15-9-5-4-6-10-15/h4-6,9-10,16H,7-8,11-14H2,1-3H3. The first-order chi connectivity index (χ1) is 9.46. The van der Waals surface area contributed by atoms with Gasteiger partial charge in [-0.3, -0.25) is 4.79 Å². The van der Waals surface area contributed by atoms with Crippen LogP contribution in [0.5, 0.6) is 0 Å². The van der Waals surface area contributed by atoms with E-state index in [-0.39, 0.29) is 5.41 Å². The van der Waals surface area contributed by atoms with E-state index in [0.717, 1.165) is 19.5 Å². The topological polar surface area (TPSA) is 20.3 Å². The van der Waals surface area contributed by atoms with Gasteiger partial charge in [0.15, 0.2) is 0 Å². The maximum absolute atomic E-state index is 12.5. The Morgan fingerprint density at radius 2 is 1.90 bits per heavy atom. The summed E-state index contributed by atoms with van der Waals surface area (Å²) < 4.78 is 0. The van der Waals surface area contributed by atoms with Crippen molar-refractivity contribution < 1.29 is 4.79 Å². The van der Waals surface area contributed by atoms with Gasteiger partial charge in [-0.1, -0.05) is 57.5 Å². The Hall–Kier alpha value is -1.31. The molecule has 1 saturated heterocycles. The summed E-state index contributed by atoms with van der Waals surface area (Å²) in [6.45, 7) is 8.23. The van der Waals surface area contributed by atoms with E-state index in [9.17, 15) is 4.79 Å². The molecular formula is C18H27NO. The lowest BCUT2D eigenvalue weighted by Crippen LogP contribution is -2.36. The highest BCUT2D eigenvalue weighted by Crippen LogP contribution is 2.28. The minimum Gasteiger partial charge on any atom is -0.342 e. The third-order valence-corrected chi connectivity index (χ3v) is 3.98. The summed E-state index contributed by atoms with van der Waals surface area (Å²) in [7, 11) is 0. The molecule has 1 aromatic rings. The first kappa shape index (κ1) is 15.1. The minimum absolute atomic E-state index is 0.0750. The fraction of sp³-hybridized carbons (Fsp3) is 0.611. The first-order valence-corrected chi connectivity index (χ1v) is 7.78. The van der Waals surface area contributed by atoms with Gasteiger partial charge in [0.1, 0.15) is 0 Å². The van der Waals surface area contributed by atoms with Crippen LogP contribution in [0.3, 0.4) is 0 Å². The number of rotatable bonds is 2. The average molecular weight is 273 g/mol. The van der Waals surface area contributed by atoms with Gasteiger partial charge in [0.25, 0.3) is 0 Å². The van der Waals surface area contributed by atoms with Gasteiger partial charge in [0, 0.05) is 25.4 Å². The molecule has 1 atom stereocenters. The van der Waals surface area contributed by atoms with Crippen molar-refractivity contribution in [1.29, 1.82) is 0 Å². The Bertz CT molecular complexity index is 432. The SMILES string of the molecule is CC(C)(C)CC(=O)N1CCCCC(c2ccccc2)C1. The molecule has 20 heavy (non-hydrogen) atoms. The molecule has 1 aliphatic rings. The fourth-order valence-corrected chi connectivity index (χ4v) is 2.93. The molecule has 0 bridgehead atoms. The zero-order valence-corrected chi connectivity index (χ0v) is 13.1. The van der Waals surface area contributed by atoms with Crippen LogP contribution in [0.15, 0.2) is 30.3 Å². The Morgan fingerprint density at radius 3 is 2.55 bits per heavy atom. The summed E-state index contributed by atoms with van der Waals surface area (Å²) >= 11 is 0. The molecule has 2 rings (SSSR count). The molecule has 0 spiro atoms. The molecule has 1 amide bonds. The van der Waals surface area contributed by atoms with E-state index >= 15 is 0 Å². The van der Waals surface area contributed by atoms with Crippen LogP contribution in [0, 0.1) is 5.41 Å². The van der Waals surface area contributed by atoms with E-state index in [1.807, 2.05) is 0 Å². The third-order valence-electron chi connectivity index (χ3n) is 3.98. The fourth-order valence-electron chi connectivity index (χ4n) is 2.93. The number of carbonyl (C=O) groups is 1. The largest absolute Gasteiger partial charge is 0.342 e. The lowest BCUT2D eigenvalue weighted by Gasteiger charge is -2.28. The van der Waals surface area contributed by atoms with E-state index in [1.54, 1.807) is 0 Å². The lowest BCUT2D eigenvalue weighted by atomic mass is 9.91. The molecule has 1 unspecified atom stereocenters. The van der Waals surface area contributed by atoms with Crippen molar-refractivity contribution in [2.45, 2.75) is 52.4 Å². The highest BCUT2D eigenvalue weighted by Gasteiger charge is 2.25. The summed E-state index contributed by atoms with van der Waals surface area (Å²) in [5.41, 5.74) is 1.45. The van der Waals surface area contributed by atoms with E-state index in [2.05, 4.69) is 56.0 Å². The summed E-state index contributed by atoms with van der Waals surface area (Å²) in [5, 5.41) is 0. The van der Waals surface area contributed by atoms with Gasteiger partial charge in [-0.2, -0.15) is 0 Å². The van der Waals surface area contributed by atoms with Crippen LogP contribution in [0.25, 0.3) is 0 Å². The maximum Gasteiger partial charge on any atom is 0.223 e. The van der Waals surface area contributed by atoms with Crippen LogP contribution in [-0.4, -0.2) is 23.9 Å². The van der Waals surface area contributed by atoms with E-state index < -0.39 is 0 Å². The molecule has 0 N–H and O–H groups in total. The highest BCUT2D eigenvalue weighted by atomic mass is 16.2. The van der Waals surface area contributed by atoms with E-state index in [1.165, 1.54) is 18.4 Å². The molecule has 1 heterocycles. The number of amides is 1. The normalized spacial score (nSPS) is 20.6. The van der Waals surface area contributed by atoms with Gasteiger partial charge >= 0.3 is 0 Å². The number of hydrogen-bond acceptors (Lipinski definition) is 1. The Labute approximate surface area is 123 Å². The summed E-state index contributed by atoms with van der Waals surface area (Å²) in [4.78, 5) is 14.6. The number of benzene rings is 1. The smallest absolute Gasteiger partial charge is 0.223 e. The zero-order chi connectivity index (χ0) is 14.6. The molecule has 1 fully saturated rings. The van der Waals surface area contributed by atoms with Gasteiger partial charge < -0.3 is 4.90 Å². The Kier molecular flexibility index (Phi) is 4.85. The molecule has 0 aliphatic carbocycles. The zero-order valence-electron chi connectivity index (χ0n) is 13.1. The van der Waals surface area contributed by atoms with Crippen LogP contribution in [0.1, 0.15) is 57.9 Å². The van der Waals surface area contributed by atoms with Crippen LogP contribution in [-0.2, 0) is 4.79 Å². The number of hydrogen-bond donors (Lipinski definition) is 0. The van der Waals surface area contributed by atoms with Gasteiger partial charge in [0.2, 0.25) is 5.91 Å². The van der Waals surface area contributed by atoms with E-state index in [0.29, 0.717) is 18.2 Å². The average Bonchev–Trinajstić information content (AvgIpc) is 2.63. The van der Waals surface area contributed by atoms with Crippen molar-refractivity contribution in [3.05, 3.63) is 35.9 Å². The van der Waals surface area contributed by atoms with Crippen LogP contribution < -0.4 is 0 Å². The molecule has 1 aliphatic heterocycles. The molecular weight excluding hydrogens is 246 g/mol. The van der Waals surface area contributed by atoms with Crippen molar-refractivity contribution in [3.8, 4) is 0 Å². The molecule has 2 heteroatoms. The first-order valence-electron chi connectivity index (χ1n) is 7.78. The summed E-state index contributed by atoms with van der Waals surface area (Å²) in [6, 6.07) is 10.6. The van der Waals surface area contributed by atoms with Crippen molar-refractivity contribution in [3.63, 3.8) is 0 Å². The van der Waals surface area contributed by atoms with Crippen molar-refractivity contribution >= 4 is 5.91 Å². The van der Waals surface area contributed by atoms with Crippen LogP contribution >= 0.6 is 0 Å². The molecule has 1 aromatic carbocycles. The predicted molar refractivity (Wildman–Crippen MR) is 83.7 cm³/mol.